The number of nitrogens with zero attached hydrogens (tertiary/aromatic N) is 4. The van der Waals surface area contributed by atoms with Crippen molar-refractivity contribution in [2.24, 2.45) is 0 Å². The zero-order valence-electron chi connectivity index (χ0n) is 20.3. The molecular formula is C28H26FN4O4-. The fourth-order valence-corrected chi connectivity index (χ4v) is 4.86. The number of benzene rings is 3. The van der Waals surface area contributed by atoms with Gasteiger partial charge in [0, 0.05) is 37.1 Å². The summed E-state index contributed by atoms with van der Waals surface area (Å²) >= 11 is 0. The lowest BCUT2D eigenvalue weighted by Gasteiger charge is -2.39. The maximum absolute atomic E-state index is 13.6. The number of rotatable bonds is 5. The Labute approximate surface area is 212 Å². The van der Waals surface area contributed by atoms with E-state index in [4.69, 9.17) is 0 Å². The van der Waals surface area contributed by atoms with Crippen LogP contribution in [-0.4, -0.2) is 46.8 Å². The first-order valence-electron chi connectivity index (χ1n) is 12.0. The molecule has 2 heterocycles. The van der Waals surface area contributed by atoms with Crippen molar-refractivity contribution in [2.45, 2.75) is 13.5 Å². The standard InChI is InChI=1S/C28H26FN4O4/c1-19-7-12-24-23(17-19)25(26(33(36)37)28(35)32(24)18-20-5-3-2-4-6-20)30-13-15-31(16-14-30)27(34)21-8-10-22(29)11-9-21/h2-12,17,36H,13-16,18H2,1H3/q-1. The topological polar surface area (TPSA) is 92.1 Å². The monoisotopic (exact) mass is 501 g/mol. The second kappa shape index (κ2) is 10.0. The summed E-state index contributed by atoms with van der Waals surface area (Å²) in [6, 6.07) is 20.5. The van der Waals surface area contributed by atoms with E-state index in [0.717, 1.165) is 11.1 Å². The normalized spacial score (nSPS) is 13.7. The smallest absolute Gasteiger partial charge is 0.278 e. The molecule has 4 aromatic rings. The molecule has 5 rings (SSSR count). The van der Waals surface area contributed by atoms with Crippen molar-refractivity contribution < 1.29 is 14.4 Å². The Hall–Kier alpha value is -4.21. The van der Waals surface area contributed by atoms with E-state index in [1.54, 1.807) is 4.90 Å². The number of anilines is 2. The Morgan fingerprint density at radius 2 is 1.68 bits per heavy atom. The summed E-state index contributed by atoms with van der Waals surface area (Å²) in [7, 11) is 0. The van der Waals surface area contributed by atoms with Crippen LogP contribution in [0.2, 0.25) is 0 Å². The summed E-state index contributed by atoms with van der Waals surface area (Å²) in [6.07, 6.45) is 0. The summed E-state index contributed by atoms with van der Waals surface area (Å²) in [4.78, 5) is 30.0. The molecule has 0 aliphatic carbocycles. The maximum Gasteiger partial charge on any atom is 0.278 e. The highest BCUT2D eigenvalue weighted by Crippen LogP contribution is 2.35. The number of aromatic nitrogens is 1. The van der Waals surface area contributed by atoms with E-state index in [0.29, 0.717) is 48.3 Å². The molecule has 1 aliphatic heterocycles. The fourth-order valence-electron chi connectivity index (χ4n) is 4.86. The number of aryl methyl sites for hydroxylation is 1. The van der Waals surface area contributed by atoms with Crippen LogP contribution in [0.5, 0.6) is 0 Å². The third kappa shape index (κ3) is 4.78. The molecule has 0 radical (unpaired) electrons. The van der Waals surface area contributed by atoms with Crippen molar-refractivity contribution in [3.8, 4) is 0 Å². The van der Waals surface area contributed by atoms with Gasteiger partial charge in [-0.2, -0.15) is 0 Å². The summed E-state index contributed by atoms with van der Waals surface area (Å²) in [5, 5.41) is 22.8. The van der Waals surface area contributed by atoms with Gasteiger partial charge in [-0.15, -0.1) is 0 Å². The van der Waals surface area contributed by atoms with Crippen LogP contribution in [0.3, 0.4) is 0 Å². The minimum Gasteiger partial charge on any atom is -0.733 e. The number of halogens is 1. The van der Waals surface area contributed by atoms with Gasteiger partial charge in [-0.25, -0.2) is 4.39 Å². The molecule has 9 heteroatoms. The van der Waals surface area contributed by atoms with Crippen molar-refractivity contribution in [1.29, 1.82) is 0 Å². The number of amides is 1. The van der Waals surface area contributed by atoms with Gasteiger partial charge in [-0.05, 0) is 48.9 Å². The molecule has 37 heavy (non-hydrogen) atoms. The number of piperazine rings is 1. The van der Waals surface area contributed by atoms with Crippen molar-refractivity contribution in [3.63, 3.8) is 0 Å². The first-order chi connectivity index (χ1) is 17.8. The van der Waals surface area contributed by atoms with Gasteiger partial charge in [-0.1, -0.05) is 42.0 Å². The average molecular weight is 502 g/mol. The van der Waals surface area contributed by atoms with Crippen LogP contribution < -0.4 is 15.7 Å². The highest BCUT2D eigenvalue weighted by atomic mass is 19.1. The highest BCUT2D eigenvalue weighted by Gasteiger charge is 2.28. The van der Waals surface area contributed by atoms with Gasteiger partial charge in [0.1, 0.15) is 11.5 Å². The number of hydrogen-bond donors (Lipinski definition) is 1. The second-order valence-electron chi connectivity index (χ2n) is 9.15. The molecule has 8 nitrogen and oxygen atoms in total. The summed E-state index contributed by atoms with van der Waals surface area (Å²) in [5.41, 5.74) is 2.24. The van der Waals surface area contributed by atoms with Gasteiger partial charge < -0.3 is 24.8 Å². The predicted molar refractivity (Wildman–Crippen MR) is 141 cm³/mol. The van der Waals surface area contributed by atoms with Gasteiger partial charge in [-0.3, -0.25) is 14.8 Å². The van der Waals surface area contributed by atoms with E-state index < -0.39 is 11.4 Å². The highest BCUT2D eigenvalue weighted by molar-refractivity contribution is 5.99. The van der Waals surface area contributed by atoms with Gasteiger partial charge in [0.2, 0.25) is 0 Å². The van der Waals surface area contributed by atoms with Gasteiger partial charge in [0.15, 0.2) is 0 Å². The zero-order chi connectivity index (χ0) is 26.1. The van der Waals surface area contributed by atoms with E-state index in [9.17, 15) is 24.4 Å². The molecule has 1 aliphatic rings. The largest absolute Gasteiger partial charge is 0.733 e. The van der Waals surface area contributed by atoms with Crippen molar-refractivity contribution in [1.82, 2.24) is 9.47 Å². The van der Waals surface area contributed by atoms with Crippen LogP contribution in [0.25, 0.3) is 10.9 Å². The second-order valence-corrected chi connectivity index (χ2v) is 9.15. The molecule has 0 bridgehead atoms. The summed E-state index contributed by atoms with van der Waals surface area (Å²) in [5.74, 6) is -0.629. The van der Waals surface area contributed by atoms with E-state index in [2.05, 4.69) is 0 Å². The molecule has 1 aromatic heterocycles. The van der Waals surface area contributed by atoms with Crippen LogP contribution >= 0.6 is 0 Å². The Balaban J connectivity index is 1.53. The predicted octanol–water partition coefficient (Wildman–Crippen LogP) is 4.15. The lowest BCUT2D eigenvalue weighted by molar-refractivity contribution is 0.0746. The van der Waals surface area contributed by atoms with Crippen LogP contribution in [0.1, 0.15) is 21.5 Å². The van der Waals surface area contributed by atoms with E-state index in [-0.39, 0.29) is 23.4 Å². The quantitative estimate of drug-likeness (QED) is 0.413. The molecule has 190 valence electrons. The lowest BCUT2D eigenvalue weighted by atomic mass is 10.1. The Morgan fingerprint density at radius 1 is 1.00 bits per heavy atom. The van der Waals surface area contributed by atoms with Crippen molar-refractivity contribution in [3.05, 3.63) is 111 Å². The molecular weight excluding hydrogens is 475 g/mol. The SMILES string of the molecule is Cc1ccc2c(c1)c(N1CCN(C(=O)c3ccc(F)cc3)CC1)c(N([O-])O)c(=O)n2Cc1ccccc1. The first-order valence-corrected chi connectivity index (χ1v) is 12.0. The van der Waals surface area contributed by atoms with Crippen LogP contribution in [0, 0.1) is 17.9 Å². The number of hydrogen-bond acceptors (Lipinski definition) is 6. The number of pyridine rings is 1. The minimum absolute atomic E-state index is 0.216. The number of fused-ring (bicyclic) bond motifs is 1. The van der Waals surface area contributed by atoms with E-state index >= 15 is 0 Å². The van der Waals surface area contributed by atoms with E-state index in [1.807, 2.05) is 60.4 Å². The minimum atomic E-state index is -0.600. The zero-order valence-corrected chi connectivity index (χ0v) is 20.3. The number of carbonyl (C=O) groups is 1. The molecule has 0 atom stereocenters. The molecule has 1 fully saturated rings. The lowest BCUT2D eigenvalue weighted by Crippen LogP contribution is -2.49. The van der Waals surface area contributed by atoms with Gasteiger partial charge in [0.05, 0.1) is 17.7 Å². The third-order valence-corrected chi connectivity index (χ3v) is 6.72. The number of carbonyl (C=O) groups excluding carboxylic acids is 1. The van der Waals surface area contributed by atoms with Crippen molar-refractivity contribution >= 4 is 28.2 Å². The summed E-state index contributed by atoms with van der Waals surface area (Å²) in [6.45, 7) is 3.52. The molecule has 1 N–H and O–H groups in total. The Bertz CT molecular complexity index is 1500. The molecule has 0 unspecified atom stereocenters. The first kappa shape index (κ1) is 24.5. The van der Waals surface area contributed by atoms with E-state index in [1.165, 1.54) is 28.8 Å². The Kier molecular flexibility index (Phi) is 6.64. The maximum atomic E-state index is 13.6. The van der Waals surface area contributed by atoms with Crippen LogP contribution in [-0.2, 0) is 6.54 Å². The fraction of sp³-hybridized carbons (Fsp3) is 0.214. The van der Waals surface area contributed by atoms with Gasteiger partial charge >= 0.3 is 0 Å². The van der Waals surface area contributed by atoms with Crippen molar-refractivity contribution in [2.75, 3.05) is 36.3 Å². The molecule has 3 aromatic carbocycles. The molecule has 0 spiro atoms. The van der Waals surface area contributed by atoms with Gasteiger partial charge in [0.25, 0.3) is 11.5 Å². The third-order valence-electron chi connectivity index (χ3n) is 6.72. The molecule has 1 saturated heterocycles. The molecule has 1 amide bonds. The summed E-state index contributed by atoms with van der Waals surface area (Å²) < 4.78 is 14.8. The molecule has 0 saturated carbocycles. The average Bonchev–Trinajstić information content (AvgIpc) is 2.90. The van der Waals surface area contributed by atoms with Crippen LogP contribution in [0.4, 0.5) is 15.8 Å². The Morgan fingerprint density at radius 3 is 2.32 bits per heavy atom. The van der Waals surface area contributed by atoms with Crippen LogP contribution in [0.15, 0.2) is 77.6 Å².